The summed E-state index contributed by atoms with van der Waals surface area (Å²) < 4.78 is 66.3. The number of aliphatic hydroxyl groups excluding tert-OH is 1. The molecule has 3 heterocycles. The van der Waals surface area contributed by atoms with Gasteiger partial charge in [-0.2, -0.15) is 13.2 Å². The van der Waals surface area contributed by atoms with Crippen molar-refractivity contribution in [1.29, 1.82) is 0 Å². The van der Waals surface area contributed by atoms with Gasteiger partial charge in [0.2, 0.25) is 5.91 Å². The van der Waals surface area contributed by atoms with Crippen LogP contribution in [0.4, 0.5) is 32.4 Å². The summed E-state index contributed by atoms with van der Waals surface area (Å²) in [4.78, 5) is 32.0. The molecule has 0 radical (unpaired) electrons. The number of aliphatic hydroxyl groups is 1. The summed E-state index contributed by atoms with van der Waals surface area (Å²) in [7, 11) is 0. The molecule has 0 aromatic carbocycles. The molecule has 13 heteroatoms. The number of anilines is 1. The number of carbonyl (C=O) groups is 2. The van der Waals surface area contributed by atoms with Crippen LogP contribution in [-0.2, 0) is 17.5 Å². The Bertz CT molecular complexity index is 985. The van der Waals surface area contributed by atoms with Gasteiger partial charge in [0.25, 0.3) is 0 Å². The lowest BCUT2D eigenvalue weighted by molar-refractivity contribution is -0.142. The summed E-state index contributed by atoms with van der Waals surface area (Å²) >= 11 is 0. The molecule has 3 rings (SSSR count). The fraction of sp³-hybridized carbons (Fsp3) is 0.294. The van der Waals surface area contributed by atoms with Crippen molar-refractivity contribution in [3.63, 3.8) is 0 Å². The highest BCUT2D eigenvalue weighted by Crippen LogP contribution is 2.35. The number of nitrogens with zero attached hydrogens (tertiary/aromatic N) is 3. The Morgan fingerprint density at radius 2 is 2.07 bits per heavy atom. The number of halogens is 5. The number of hydrogen-bond donors (Lipinski definition) is 3. The normalized spacial score (nSPS) is 14.7. The van der Waals surface area contributed by atoms with Crippen LogP contribution in [0.2, 0.25) is 0 Å². The molecule has 3 amide bonds. The highest BCUT2D eigenvalue weighted by Gasteiger charge is 2.39. The number of urea groups is 1. The zero-order chi connectivity index (χ0) is 22.1. The first-order valence-corrected chi connectivity index (χ1v) is 8.42. The van der Waals surface area contributed by atoms with Crippen LogP contribution in [0.15, 0.2) is 24.5 Å². The molecule has 0 saturated carbocycles. The van der Waals surface area contributed by atoms with Gasteiger partial charge < -0.3 is 20.6 Å². The highest BCUT2D eigenvalue weighted by molar-refractivity contribution is 5.95. The second kappa shape index (κ2) is 8.18. The standard InChI is InChI=1S/C17H14F5N5O3/c18-8-3-10(19)14(24-4-8)12(7-28)25-13(29)6-27-5-9-11(26-16(27)30)1-2-23-15(9)17(20,21)22/h1-4,12,28H,5-7H2,(H,25,29)(H,26,30)/t12-/m0/s1. The van der Waals surface area contributed by atoms with Crippen LogP contribution in [0.25, 0.3) is 0 Å². The summed E-state index contributed by atoms with van der Waals surface area (Å²) in [5.74, 6) is -2.98. The Kier molecular flexibility index (Phi) is 5.82. The number of alkyl halides is 3. The third-order valence-corrected chi connectivity index (χ3v) is 4.22. The Labute approximate surface area is 165 Å². The van der Waals surface area contributed by atoms with E-state index in [4.69, 9.17) is 0 Å². The molecule has 0 unspecified atom stereocenters. The van der Waals surface area contributed by atoms with Crippen molar-refractivity contribution in [2.45, 2.75) is 18.8 Å². The van der Waals surface area contributed by atoms with Gasteiger partial charge in [-0.1, -0.05) is 0 Å². The SMILES string of the molecule is O=C(CN1Cc2c(ccnc2C(F)(F)F)NC1=O)N[C@@H](CO)c1ncc(F)cc1F. The summed E-state index contributed by atoms with van der Waals surface area (Å²) in [5.41, 5.74) is -2.03. The van der Waals surface area contributed by atoms with Gasteiger partial charge in [0.05, 0.1) is 31.1 Å². The quantitative estimate of drug-likeness (QED) is 0.628. The van der Waals surface area contributed by atoms with E-state index < -0.39 is 66.9 Å². The van der Waals surface area contributed by atoms with E-state index in [0.29, 0.717) is 12.3 Å². The molecule has 30 heavy (non-hydrogen) atoms. The molecule has 1 aliphatic heterocycles. The van der Waals surface area contributed by atoms with E-state index in [9.17, 15) is 36.6 Å². The number of aromatic nitrogens is 2. The number of fused-ring (bicyclic) bond motifs is 1. The van der Waals surface area contributed by atoms with Gasteiger partial charge in [0, 0.05) is 17.8 Å². The summed E-state index contributed by atoms with van der Waals surface area (Å²) in [6, 6.07) is -0.475. The van der Waals surface area contributed by atoms with Gasteiger partial charge >= 0.3 is 12.2 Å². The Morgan fingerprint density at radius 3 is 2.70 bits per heavy atom. The Balaban J connectivity index is 1.75. The van der Waals surface area contributed by atoms with E-state index in [1.165, 1.54) is 6.07 Å². The first-order valence-electron chi connectivity index (χ1n) is 8.42. The van der Waals surface area contributed by atoms with Gasteiger partial charge in [0.1, 0.15) is 23.9 Å². The molecule has 160 valence electrons. The lowest BCUT2D eigenvalue weighted by Crippen LogP contribution is -2.46. The minimum atomic E-state index is -4.77. The van der Waals surface area contributed by atoms with E-state index in [2.05, 4.69) is 20.6 Å². The van der Waals surface area contributed by atoms with Crippen molar-refractivity contribution < 1.29 is 36.6 Å². The molecule has 1 aliphatic rings. The molecule has 0 fully saturated rings. The molecule has 0 saturated heterocycles. The maximum Gasteiger partial charge on any atom is 0.433 e. The first kappa shape index (κ1) is 21.4. The molecule has 2 aromatic rings. The summed E-state index contributed by atoms with van der Waals surface area (Å²) in [6.07, 6.45) is -3.18. The molecular formula is C17H14F5N5O3. The van der Waals surface area contributed by atoms with Crippen molar-refractivity contribution in [2.24, 2.45) is 0 Å². The van der Waals surface area contributed by atoms with Crippen molar-refractivity contribution in [3.8, 4) is 0 Å². The predicted octanol–water partition coefficient (Wildman–Crippen LogP) is 1.97. The average molecular weight is 431 g/mol. The van der Waals surface area contributed by atoms with Crippen LogP contribution < -0.4 is 10.6 Å². The lowest BCUT2D eigenvalue weighted by atomic mass is 10.1. The van der Waals surface area contributed by atoms with Gasteiger partial charge in [-0.25, -0.2) is 13.6 Å². The van der Waals surface area contributed by atoms with E-state index in [1.807, 2.05) is 0 Å². The second-order valence-electron chi connectivity index (χ2n) is 6.29. The number of rotatable bonds is 5. The molecule has 0 spiro atoms. The molecule has 3 N–H and O–H groups in total. The molecule has 1 atom stereocenters. The predicted molar refractivity (Wildman–Crippen MR) is 90.8 cm³/mol. The minimum absolute atomic E-state index is 0.0789. The number of pyridine rings is 2. The van der Waals surface area contributed by atoms with Gasteiger partial charge in [-0.05, 0) is 6.07 Å². The summed E-state index contributed by atoms with van der Waals surface area (Å²) in [5, 5.41) is 13.8. The number of hydrogen-bond acceptors (Lipinski definition) is 5. The first-order chi connectivity index (χ1) is 14.1. The van der Waals surface area contributed by atoms with Gasteiger partial charge in [0.15, 0.2) is 5.69 Å². The molecule has 0 bridgehead atoms. The third kappa shape index (κ3) is 4.45. The van der Waals surface area contributed by atoms with Crippen molar-refractivity contribution in [3.05, 3.63) is 53.1 Å². The van der Waals surface area contributed by atoms with Gasteiger partial charge in [-0.3, -0.25) is 14.8 Å². The molecular weight excluding hydrogens is 417 g/mol. The van der Waals surface area contributed by atoms with Crippen LogP contribution in [0.3, 0.4) is 0 Å². The van der Waals surface area contributed by atoms with E-state index in [-0.39, 0.29) is 11.3 Å². The zero-order valence-corrected chi connectivity index (χ0v) is 15.0. The number of amides is 3. The fourth-order valence-corrected chi connectivity index (χ4v) is 2.89. The fourth-order valence-electron chi connectivity index (χ4n) is 2.89. The minimum Gasteiger partial charge on any atom is -0.394 e. The highest BCUT2D eigenvalue weighted by atomic mass is 19.4. The molecule has 8 nitrogen and oxygen atoms in total. The summed E-state index contributed by atoms with van der Waals surface area (Å²) in [6.45, 7) is -2.04. The Hall–Kier alpha value is -3.35. The zero-order valence-electron chi connectivity index (χ0n) is 15.0. The van der Waals surface area contributed by atoms with E-state index in [0.717, 1.165) is 11.1 Å². The van der Waals surface area contributed by atoms with Crippen LogP contribution in [0.5, 0.6) is 0 Å². The van der Waals surface area contributed by atoms with E-state index >= 15 is 0 Å². The maximum atomic E-state index is 13.8. The van der Waals surface area contributed by atoms with E-state index in [1.54, 1.807) is 0 Å². The van der Waals surface area contributed by atoms with Crippen molar-refractivity contribution in [1.82, 2.24) is 20.2 Å². The average Bonchev–Trinajstić information content (AvgIpc) is 2.66. The molecule has 2 aromatic heterocycles. The van der Waals surface area contributed by atoms with Gasteiger partial charge in [-0.15, -0.1) is 0 Å². The smallest absolute Gasteiger partial charge is 0.394 e. The topological polar surface area (TPSA) is 107 Å². The second-order valence-corrected chi connectivity index (χ2v) is 6.29. The Morgan fingerprint density at radius 1 is 1.33 bits per heavy atom. The van der Waals surface area contributed by atoms with Crippen molar-refractivity contribution >= 4 is 17.6 Å². The van der Waals surface area contributed by atoms with Crippen LogP contribution in [0.1, 0.15) is 23.0 Å². The monoisotopic (exact) mass is 431 g/mol. The lowest BCUT2D eigenvalue weighted by Gasteiger charge is -2.30. The van der Waals surface area contributed by atoms with Crippen molar-refractivity contribution in [2.75, 3.05) is 18.5 Å². The molecule has 0 aliphatic carbocycles. The maximum absolute atomic E-state index is 13.8. The van der Waals surface area contributed by atoms with Crippen LogP contribution >= 0.6 is 0 Å². The number of carbonyl (C=O) groups excluding carboxylic acids is 2. The van der Waals surface area contributed by atoms with Crippen LogP contribution in [-0.4, -0.2) is 45.1 Å². The van der Waals surface area contributed by atoms with Crippen LogP contribution in [0, 0.1) is 11.6 Å². The number of nitrogens with one attached hydrogen (secondary N) is 2. The third-order valence-electron chi connectivity index (χ3n) is 4.22. The largest absolute Gasteiger partial charge is 0.433 e.